The molecule has 1 aromatic heterocycles. The van der Waals surface area contributed by atoms with Gasteiger partial charge < -0.3 is 15.7 Å². The van der Waals surface area contributed by atoms with E-state index in [1.807, 2.05) is 6.07 Å². The number of benzene rings is 1. The van der Waals surface area contributed by atoms with Crippen LogP contribution in [0.25, 0.3) is 0 Å². The first-order valence-corrected chi connectivity index (χ1v) is 8.41. The molecule has 0 saturated heterocycles. The quantitative estimate of drug-likeness (QED) is 0.786. The van der Waals surface area contributed by atoms with Gasteiger partial charge in [0.15, 0.2) is 0 Å². The second kappa shape index (κ2) is 6.93. The molecule has 0 radical (unpaired) electrons. The summed E-state index contributed by atoms with van der Waals surface area (Å²) in [5, 5.41) is 14.1. The molecule has 0 unspecified atom stereocenters. The van der Waals surface area contributed by atoms with Crippen molar-refractivity contribution >= 4 is 28.8 Å². The Labute approximate surface area is 138 Å². The SMILES string of the molecule is O=C(NCCO)c1ccc(NC(=O)c2cc3c(s2)CCC3)cc1. The minimum atomic E-state index is -0.244. The molecule has 1 aromatic carbocycles. The lowest BCUT2D eigenvalue weighted by Gasteiger charge is -2.06. The van der Waals surface area contributed by atoms with Crippen molar-refractivity contribution in [1.82, 2.24) is 5.32 Å². The molecule has 2 aromatic rings. The highest BCUT2D eigenvalue weighted by atomic mass is 32.1. The van der Waals surface area contributed by atoms with Crippen molar-refractivity contribution in [3.8, 4) is 0 Å². The number of carbonyl (C=O) groups excluding carboxylic acids is 2. The molecule has 3 rings (SSSR count). The van der Waals surface area contributed by atoms with Crippen LogP contribution in [-0.4, -0.2) is 30.1 Å². The van der Waals surface area contributed by atoms with E-state index >= 15 is 0 Å². The summed E-state index contributed by atoms with van der Waals surface area (Å²) in [6, 6.07) is 8.69. The van der Waals surface area contributed by atoms with Gasteiger partial charge in [-0.2, -0.15) is 0 Å². The first-order chi connectivity index (χ1) is 11.2. The van der Waals surface area contributed by atoms with Gasteiger partial charge in [-0.05, 0) is 55.2 Å². The standard InChI is InChI=1S/C17H18N2O3S/c20-9-8-18-16(21)11-4-6-13(7-5-11)19-17(22)15-10-12-2-1-3-14(12)23-15/h4-7,10,20H,1-3,8-9H2,(H,18,21)(H,19,22). The fourth-order valence-corrected chi connectivity index (χ4v) is 3.76. The molecule has 5 nitrogen and oxygen atoms in total. The van der Waals surface area contributed by atoms with Crippen LogP contribution in [0.2, 0.25) is 0 Å². The number of aryl methyl sites for hydroxylation is 2. The Hall–Kier alpha value is -2.18. The van der Waals surface area contributed by atoms with E-state index in [1.165, 1.54) is 16.9 Å². The van der Waals surface area contributed by atoms with E-state index in [4.69, 9.17) is 5.11 Å². The van der Waals surface area contributed by atoms with E-state index in [1.54, 1.807) is 35.6 Å². The highest BCUT2D eigenvalue weighted by molar-refractivity contribution is 7.14. The van der Waals surface area contributed by atoms with Crippen LogP contribution >= 0.6 is 11.3 Å². The van der Waals surface area contributed by atoms with Crippen molar-refractivity contribution in [3.05, 3.63) is 51.2 Å². The normalized spacial score (nSPS) is 12.7. The van der Waals surface area contributed by atoms with Crippen molar-refractivity contribution in [1.29, 1.82) is 0 Å². The van der Waals surface area contributed by atoms with Gasteiger partial charge in [0.2, 0.25) is 0 Å². The fourth-order valence-electron chi connectivity index (χ4n) is 2.61. The largest absolute Gasteiger partial charge is 0.395 e. The molecule has 1 aliphatic rings. The van der Waals surface area contributed by atoms with Crippen molar-refractivity contribution in [2.75, 3.05) is 18.5 Å². The summed E-state index contributed by atoms with van der Waals surface area (Å²) in [4.78, 5) is 26.1. The Balaban J connectivity index is 1.63. The molecule has 1 aliphatic carbocycles. The van der Waals surface area contributed by atoms with Crippen LogP contribution in [0.1, 0.15) is 36.9 Å². The molecule has 0 saturated carbocycles. The van der Waals surface area contributed by atoms with Crippen LogP contribution in [0.3, 0.4) is 0 Å². The zero-order valence-corrected chi connectivity index (χ0v) is 13.4. The van der Waals surface area contributed by atoms with Gasteiger partial charge in [0, 0.05) is 22.7 Å². The molecule has 120 valence electrons. The van der Waals surface area contributed by atoms with E-state index in [9.17, 15) is 9.59 Å². The number of fused-ring (bicyclic) bond motifs is 1. The van der Waals surface area contributed by atoms with E-state index in [2.05, 4.69) is 10.6 Å². The van der Waals surface area contributed by atoms with Gasteiger partial charge >= 0.3 is 0 Å². The second-order valence-corrected chi connectivity index (χ2v) is 6.56. The number of anilines is 1. The Bertz CT molecular complexity index is 700. The number of amides is 2. The summed E-state index contributed by atoms with van der Waals surface area (Å²) >= 11 is 1.57. The first-order valence-electron chi connectivity index (χ1n) is 7.59. The summed E-state index contributed by atoms with van der Waals surface area (Å²) < 4.78 is 0. The summed E-state index contributed by atoms with van der Waals surface area (Å²) in [5.74, 6) is -0.353. The monoisotopic (exact) mass is 330 g/mol. The minimum Gasteiger partial charge on any atom is -0.395 e. The number of nitrogens with one attached hydrogen (secondary N) is 2. The molecule has 0 atom stereocenters. The van der Waals surface area contributed by atoms with E-state index in [0.29, 0.717) is 11.3 Å². The van der Waals surface area contributed by atoms with E-state index in [0.717, 1.165) is 17.7 Å². The number of hydrogen-bond acceptors (Lipinski definition) is 4. The number of aliphatic hydroxyl groups excluding tert-OH is 1. The van der Waals surface area contributed by atoms with Gasteiger partial charge in [-0.1, -0.05) is 0 Å². The van der Waals surface area contributed by atoms with Crippen molar-refractivity contribution < 1.29 is 14.7 Å². The smallest absolute Gasteiger partial charge is 0.265 e. The number of rotatable bonds is 5. The Morgan fingerprint density at radius 2 is 1.91 bits per heavy atom. The molecule has 1 heterocycles. The Morgan fingerprint density at radius 1 is 1.13 bits per heavy atom. The first kappa shape index (κ1) is 15.7. The van der Waals surface area contributed by atoms with E-state index < -0.39 is 0 Å². The van der Waals surface area contributed by atoms with Gasteiger partial charge in [-0.3, -0.25) is 9.59 Å². The molecule has 2 amide bonds. The van der Waals surface area contributed by atoms with Gasteiger partial charge in [-0.25, -0.2) is 0 Å². The highest BCUT2D eigenvalue weighted by Crippen LogP contribution is 2.31. The van der Waals surface area contributed by atoms with Crippen LogP contribution in [0.4, 0.5) is 5.69 Å². The van der Waals surface area contributed by atoms with Crippen molar-refractivity contribution in [3.63, 3.8) is 0 Å². The number of hydrogen-bond donors (Lipinski definition) is 3. The topological polar surface area (TPSA) is 78.4 Å². The predicted octanol–water partition coefficient (Wildman–Crippen LogP) is 2.21. The zero-order valence-electron chi connectivity index (χ0n) is 12.6. The average molecular weight is 330 g/mol. The molecule has 23 heavy (non-hydrogen) atoms. The number of thiophene rings is 1. The van der Waals surface area contributed by atoms with Gasteiger partial charge in [0.25, 0.3) is 11.8 Å². The molecule has 0 bridgehead atoms. The summed E-state index contributed by atoms with van der Waals surface area (Å²) in [6.45, 7) is 0.130. The summed E-state index contributed by atoms with van der Waals surface area (Å²) in [6.07, 6.45) is 3.32. The maximum atomic E-state index is 12.3. The number of aliphatic hydroxyl groups is 1. The zero-order chi connectivity index (χ0) is 16.2. The molecule has 3 N–H and O–H groups in total. The molecular formula is C17H18N2O3S. The summed E-state index contributed by atoms with van der Waals surface area (Å²) in [5.41, 5.74) is 2.45. The molecule has 0 aliphatic heterocycles. The Kier molecular flexibility index (Phi) is 4.73. The third-order valence-corrected chi connectivity index (χ3v) is 5.01. The molecule has 6 heteroatoms. The third-order valence-electron chi connectivity index (χ3n) is 3.77. The minimum absolute atomic E-state index is 0.0926. The maximum absolute atomic E-state index is 12.3. The fraction of sp³-hybridized carbons (Fsp3) is 0.294. The lowest BCUT2D eigenvalue weighted by atomic mass is 10.2. The van der Waals surface area contributed by atoms with Crippen LogP contribution in [0.15, 0.2) is 30.3 Å². The lowest BCUT2D eigenvalue weighted by molar-refractivity contribution is 0.0944. The van der Waals surface area contributed by atoms with Crippen LogP contribution in [-0.2, 0) is 12.8 Å². The van der Waals surface area contributed by atoms with Crippen LogP contribution in [0.5, 0.6) is 0 Å². The number of carbonyl (C=O) groups is 2. The van der Waals surface area contributed by atoms with Crippen LogP contribution < -0.4 is 10.6 Å². The highest BCUT2D eigenvalue weighted by Gasteiger charge is 2.18. The predicted molar refractivity (Wildman–Crippen MR) is 90.2 cm³/mol. The van der Waals surface area contributed by atoms with Gasteiger partial charge in [0.1, 0.15) is 0 Å². The van der Waals surface area contributed by atoms with E-state index in [-0.39, 0.29) is 25.0 Å². The molecular weight excluding hydrogens is 312 g/mol. The van der Waals surface area contributed by atoms with Crippen molar-refractivity contribution in [2.45, 2.75) is 19.3 Å². The van der Waals surface area contributed by atoms with Crippen LogP contribution in [0, 0.1) is 0 Å². The van der Waals surface area contributed by atoms with Crippen molar-refractivity contribution in [2.24, 2.45) is 0 Å². The lowest BCUT2D eigenvalue weighted by Crippen LogP contribution is -2.26. The maximum Gasteiger partial charge on any atom is 0.265 e. The van der Waals surface area contributed by atoms with Gasteiger partial charge in [-0.15, -0.1) is 11.3 Å². The Morgan fingerprint density at radius 3 is 2.61 bits per heavy atom. The second-order valence-electron chi connectivity index (χ2n) is 5.42. The molecule has 0 spiro atoms. The average Bonchev–Trinajstić information content (AvgIpc) is 3.15. The molecule has 0 fully saturated rings. The summed E-state index contributed by atoms with van der Waals surface area (Å²) in [7, 11) is 0. The third kappa shape index (κ3) is 3.60. The van der Waals surface area contributed by atoms with Gasteiger partial charge in [0.05, 0.1) is 11.5 Å².